The lowest BCUT2D eigenvalue weighted by Crippen LogP contribution is -2.37. The fourth-order valence-corrected chi connectivity index (χ4v) is 1.60. The molecule has 0 spiro atoms. The maximum absolute atomic E-state index is 11.6. The minimum absolute atomic E-state index is 0.353. The van der Waals surface area contributed by atoms with Crippen LogP contribution >= 0.6 is 11.6 Å². The third kappa shape index (κ3) is 4.76. The van der Waals surface area contributed by atoms with Crippen LogP contribution in [0.1, 0.15) is 13.3 Å². The lowest BCUT2D eigenvalue weighted by molar-refractivity contribution is -0.138. The van der Waals surface area contributed by atoms with Gasteiger partial charge in [0.25, 0.3) is 0 Å². The highest BCUT2D eigenvalue weighted by Crippen LogP contribution is 2.27. The molecule has 19 heavy (non-hydrogen) atoms. The predicted molar refractivity (Wildman–Crippen MR) is 71.5 cm³/mol. The van der Waals surface area contributed by atoms with Crippen LogP contribution < -0.4 is 15.8 Å². The molecule has 1 amide bonds. The van der Waals surface area contributed by atoms with Gasteiger partial charge in [0.2, 0.25) is 5.91 Å². The van der Waals surface area contributed by atoms with Crippen molar-refractivity contribution in [1.29, 1.82) is 0 Å². The van der Waals surface area contributed by atoms with Crippen molar-refractivity contribution in [2.45, 2.75) is 19.4 Å². The molecule has 0 aliphatic carbocycles. The zero-order valence-corrected chi connectivity index (χ0v) is 11.1. The summed E-state index contributed by atoms with van der Waals surface area (Å²) in [5, 5.41) is 11.4. The first kappa shape index (κ1) is 15.3. The molecule has 1 atom stereocenters. The van der Waals surface area contributed by atoms with Gasteiger partial charge in [0, 0.05) is 5.69 Å². The normalized spacial score (nSPS) is 11.7. The molecule has 6 nitrogen and oxygen atoms in total. The molecule has 0 aromatic heterocycles. The number of carboxylic acids is 1. The van der Waals surface area contributed by atoms with Crippen LogP contribution in [0.15, 0.2) is 18.2 Å². The Kier molecular flexibility index (Phi) is 5.59. The molecule has 0 saturated carbocycles. The lowest BCUT2D eigenvalue weighted by atomic mass is 10.2. The van der Waals surface area contributed by atoms with E-state index in [1.165, 1.54) is 6.07 Å². The number of hydrogen-bond donors (Lipinski definition) is 3. The number of hydrogen-bond acceptors (Lipinski definition) is 4. The Morgan fingerprint density at radius 2 is 2.21 bits per heavy atom. The Labute approximate surface area is 115 Å². The maximum atomic E-state index is 11.6. The number of carbonyl (C=O) groups excluding carboxylic acids is 1. The van der Waals surface area contributed by atoms with E-state index in [0.717, 1.165) is 0 Å². The van der Waals surface area contributed by atoms with Gasteiger partial charge in [-0.2, -0.15) is 0 Å². The van der Waals surface area contributed by atoms with Crippen LogP contribution in [0.4, 0.5) is 5.69 Å². The van der Waals surface area contributed by atoms with Gasteiger partial charge in [0.1, 0.15) is 5.75 Å². The Hall–Kier alpha value is -1.79. The summed E-state index contributed by atoms with van der Waals surface area (Å²) >= 11 is 5.95. The van der Waals surface area contributed by atoms with E-state index in [-0.39, 0.29) is 0 Å². The summed E-state index contributed by atoms with van der Waals surface area (Å²) in [5.41, 5.74) is 5.86. The van der Waals surface area contributed by atoms with E-state index in [0.29, 0.717) is 23.1 Å². The van der Waals surface area contributed by atoms with Crippen LogP contribution in [0.3, 0.4) is 0 Å². The molecule has 1 aromatic rings. The second-order valence-corrected chi connectivity index (χ2v) is 4.18. The topological polar surface area (TPSA) is 102 Å². The van der Waals surface area contributed by atoms with Crippen molar-refractivity contribution in [1.82, 2.24) is 0 Å². The largest absolute Gasteiger partial charge is 0.492 e. The molecule has 0 fully saturated rings. The third-order valence-electron chi connectivity index (χ3n) is 2.23. The average molecular weight is 287 g/mol. The molecule has 4 N–H and O–H groups in total. The second-order valence-electron chi connectivity index (χ2n) is 3.77. The van der Waals surface area contributed by atoms with E-state index < -0.39 is 24.3 Å². The second kappa shape index (κ2) is 6.96. The average Bonchev–Trinajstić information content (AvgIpc) is 2.32. The fraction of sp³-hybridized carbons (Fsp3) is 0.333. The van der Waals surface area contributed by atoms with Gasteiger partial charge < -0.3 is 20.9 Å². The predicted octanol–water partition coefficient (Wildman–Crippen LogP) is 1.48. The highest BCUT2D eigenvalue weighted by molar-refractivity contribution is 6.32. The van der Waals surface area contributed by atoms with Crippen LogP contribution in [0.2, 0.25) is 5.02 Å². The minimum atomic E-state index is -1.13. The molecule has 104 valence electrons. The molecule has 1 unspecified atom stereocenters. The molecule has 0 aliphatic rings. The summed E-state index contributed by atoms with van der Waals surface area (Å²) in [6, 6.07) is 3.62. The van der Waals surface area contributed by atoms with Crippen molar-refractivity contribution in [2.24, 2.45) is 5.73 Å². The minimum Gasteiger partial charge on any atom is -0.492 e. The first-order chi connectivity index (χ1) is 8.93. The molecule has 0 bridgehead atoms. The standard InChI is InChI=1S/C12H15ClN2O4/c1-2-19-10-4-3-7(5-8(10)13)15-12(18)9(14)6-11(16)17/h3-5,9H,2,6,14H2,1H3,(H,15,18)(H,16,17). The van der Waals surface area contributed by atoms with Gasteiger partial charge in [-0.1, -0.05) is 11.6 Å². The third-order valence-corrected chi connectivity index (χ3v) is 2.53. The number of carboxylic acid groups (broad SMARTS) is 1. The summed E-state index contributed by atoms with van der Waals surface area (Å²) in [6.07, 6.45) is -0.434. The van der Waals surface area contributed by atoms with Gasteiger partial charge in [0.05, 0.1) is 24.1 Å². The number of nitrogens with one attached hydrogen (secondary N) is 1. The number of rotatable bonds is 6. The lowest BCUT2D eigenvalue weighted by Gasteiger charge is -2.12. The summed E-state index contributed by atoms with van der Waals surface area (Å²) in [6.45, 7) is 2.31. The quantitative estimate of drug-likeness (QED) is 0.735. The number of halogens is 1. The molecule has 7 heteroatoms. The van der Waals surface area contributed by atoms with Crippen LogP contribution in [0, 0.1) is 0 Å². The van der Waals surface area contributed by atoms with E-state index in [9.17, 15) is 9.59 Å². The Morgan fingerprint density at radius 3 is 2.74 bits per heavy atom. The summed E-state index contributed by atoms with van der Waals surface area (Å²) in [5.74, 6) is -1.20. The van der Waals surface area contributed by atoms with E-state index in [2.05, 4.69) is 5.32 Å². The summed E-state index contributed by atoms with van der Waals surface area (Å²) in [4.78, 5) is 22.0. The number of amides is 1. The maximum Gasteiger partial charge on any atom is 0.305 e. The first-order valence-electron chi connectivity index (χ1n) is 5.64. The summed E-state index contributed by atoms with van der Waals surface area (Å²) < 4.78 is 5.25. The van der Waals surface area contributed by atoms with Crippen LogP contribution in [0.25, 0.3) is 0 Å². The van der Waals surface area contributed by atoms with Gasteiger partial charge in [-0.25, -0.2) is 0 Å². The summed E-state index contributed by atoms with van der Waals surface area (Å²) in [7, 11) is 0. The van der Waals surface area contributed by atoms with Crippen molar-refractivity contribution >= 4 is 29.2 Å². The van der Waals surface area contributed by atoms with E-state index in [1.807, 2.05) is 6.92 Å². The van der Waals surface area contributed by atoms with E-state index in [1.54, 1.807) is 12.1 Å². The van der Waals surface area contributed by atoms with Crippen molar-refractivity contribution < 1.29 is 19.4 Å². The highest BCUT2D eigenvalue weighted by atomic mass is 35.5. The van der Waals surface area contributed by atoms with Gasteiger partial charge in [-0.15, -0.1) is 0 Å². The molecule has 1 rings (SSSR count). The zero-order valence-electron chi connectivity index (χ0n) is 10.4. The van der Waals surface area contributed by atoms with Gasteiger partial charge in [0.15, 0.2) is 0 Å². The fourth-order valence-electron chi connectivity index (χ4n) is 1.37. The number of aliphatic carboxylic acids is 1. The Morgan fingerprint density at radius 1 is 1.53 bits per heavy atom. The van der Waals surface area contributed by atoms with E-state index >= 15 is 0 Å². The van der Waals surface area contributed by atoms with Crippen molar-refractivity contribution in [3.63, 3.8) is 0 Å². The zero-order chi connectivity index (χ0) is 14.4. The molecule has 0 aliphatic heterocycles. The number of carbonyl (C=O) groups is 2. The smallest absolute Gasteiger partial charge is 0.305 e. The van der Waals surface area contributed by atoms with Gasteiger partial charge >= 0.3 is 5.97 Å². The SMILES string of the molecule is CCOc1ccc(NC(=O)C(N)CC(=O)O)cc1Cl. The van der Waals surface area contributed by atoms with Crippen molar-refractivity contribution in [2.75, 3.05) is 11.9 Å². The van der Waals surface area contributed by atoms with Crippen LogP contribution in [0.5, 0.6) is 5.75 Å². The Bertz CT molecular complexity index is 479. The van der Waals surface area contributed by atoms with Crippen molar-refractivity contribution in [3.05, 3.63) is 23.2 Å². The molecule has 0 saturated heterocycles. The molecular weight excluding hydrogens is 272 g/mol. The molecular formula is C12H15ClN2O4. The number of nitrogens with two attached hydrogens (primary N) is 1. The molecule has 1 aromatic carbocycles. The molecule has 0 radical (unpaired) electrons. The number of anilines is 1. The number of ether oxygens (including phenoxy) is 1. The highest BCUT2D eigenvalue weighted by Gasteiger charge is 2.17. The van der Waals surface area contributed by atoms with E-state index in [4.69, 9.17) is 27.2 Å². The number of benzene rings is 1. The first-order valence-corrected chi connectivity index (χ1v) is 6.02. The molecule has 0 heterocycles. The Balaban J connectivity index is 2.69. The van der Waals surface area contributed by atoms with Crippen LogP contribution in [-0.4, -0.2) is 29.6 Å². The van der Waals surface area contributed by atoms with Crippen LogP contribution in [-0.2, 0) is 9.59 Å². The van der Waals surface area contributed by atoms with Gasteiger partial charge in [-0.3, -0.25) is 9.59 Å². The van der Waals surface area contributed by atoms with Gasteiger partial charge in [-0.05, 0) is 25.1 Å². The van der Waals surface area contributed by atoms with Crippen molar-refractivity contribution in [3.8, 4) is 5.75 Å². The monoisotopic (exact) mass is 286 g/mol.